The summed E-state index contributed by atoms with van der Waals surface area (Å²) < 4.78 is 5.45. The summed E-state index contributed by atoms with van der Waals surface area (Å²) in [7, 11) is 0. The van der Waals surface area contributed by atoms with Gasteiger partial charge in [-0.25, -0.2) is 0 Å². The van der Waals surface area contributed by atoms with E-state index >= 15 is 0 Å². The van der Waals surface area contributed by atoms with Crippen molar-refractivity contribution in [2.75, 3.05) is 31.2 Å². The molecule has 2 heterocycles. The number of carbonyl (C=O) groups is 2. The van der Waals surface area contributed by atoms with Gasteiger partial charge in [-0.15, -0.1) is 11.3 Å². The fourth-order valence-corrected chi connectivity index (χ4v) is 6.02. The fourth-order valence-electron chi connectivity index (χ4n) is 4.95. The predicted octanol–water partition coefficient (Wildman–Crippen LogP) is 2.57. The average molecular weight is 378 g/mol. The SMILES string of the molecule is Cc1sc(C)c(N2CCOCC2)c1C(=O)NC1CC2(C1)CC(C(=O)O)C2. The molecule has 0 aromatic carbocycles. The average Bonchev–Trinajstić information content (AvgIpc) is 2.83. The highest BCUT2D eigenvalue weighted by molar-refractivity contribution is 7.12. The quantitative estimate of drug-likeness (QED) is 0.842. The van der Waals surface area contributed by atoms with Crippen LogP contribution in [0.25, 0.3) is 0 Å². The Balaban J connectivity index is 1.41. The van der Waals surface area contributed by atoms with Gasteiger partial charge in [-0.2, -0.15) is 0 Å². The first-order chi connectivity index (χ1) is 12.4. The molecule has 2 saturated carbocycles. The van der Waals surface area contributed by atoms with Gasteiger partial charge in [0, 0.05) is 28.9 Å². The van der Waals surface area contributed by atoms with Crippen molar-refractivity contribution in [2.24, 2.45) is 11.3 Å². The maximum Gasteiger partial charge on any atom is 0.306 e. The molecule has 7 heteroatoms. The molecule has 142 valence electrons. The second-order valence-electron chi connectivity index (χ2n) is 8.06. The third-order valence-electron chi connectivity index (χ3n) is 6.19. The number of morpholine rings is 1. The lowest BCUT2D eigenvalue weighted by molar-refractivity contribution is -0.155. The van der Waals surface area contributed by atoms with Crippen molar-refractivity contribution in [2.45, 2.75) is 45.6 Å². The summed E-state index contributed by atoms with van der Waals surface area (Å²) in [6.07, 6.45) is 3.36. The summed E-state index contributed by atoms with van der Waals surface area (Å²) in [5.41, 5.74) is 2.05. The lowest BCUT2D eigenvalue weighted by Gasteiger charge is -2.56. The molecular formula is C19H26N2O4S. The largest absolute Gasteiger partial charge is 0.481 e. The molecule has 1 saturated heterocycles. The summed E-state index contributed by atoms with van der Waals surface area (Å²) in [6.45, 7) is 7.14. The van der Waals surface area contributed by atoms with Gasteiger partial charge >= 0.3 is 5.97 Å². The number of carboxylic acid groups (broad SMARTS) is 1. The second kappa shape index (κ2) is 6.53. The highest BCUT2D eigenvalue weighted by Crippen LogP contribution is 2.58. The molecule has 3 fully saturated rings. The van der Waals surface area contributed by atoms with E-state index < -0.39 is 5.97 Å². The Kier molecular flexibility index (Phi) is 4.47. The maximum absolute atomic E-state index is 13.0. The first-order valence-electron chi connectivity index (χ1n) is 9.35. The number of ether oxygens (including phenoxy) is 1. The third-order valence-corrected chi connectivity index (χ3v) is 7.19. The lowest BCUT2D eigenvalue weighted by Crippen LogP contribution is -2.57. The van der Waals surface area contributed by atoms with Crippen molar-refractivity contribution in [1.82, 2.24) is 5.32 Å². The number of nitrogens with one attached hydrogen (secondary N) is 1. The molecule has 0 radical (unpaired) electrons. The number of amides is 1. The molecule has 2 N–H and O–H groups in total. The molecule has 0 unspecified atom stereocenters. The van der Waals surface area contributed by atoms with E-state index in [0.717, 1.165) is 54.9 Å². The number of aliphatic carboxylic acids is 1. The van der Waals surface area contributed by atoms with Crippen LogP contribution in [-0.4, -0.2) is 49.3 Å². The summed E-state index contributed by atoms with van der Waals surface area (Å²) in [5, 5.41) is 12.2. The minimum absolute atomic E-state index is 0.0160. The number of thiophene rings is 1. The zero-order chi connectivity index (χ0) is 18.5. The van der Waals surface area contributed by atoms with Crippen LogP contribution in [0.15, 0.2) is 0 Å². The van der Waals surface area contributed by atoms with Crippen LogP contribution in [0.5, 0.6) is 0 Å². The van der Waals surface area contributed by atoms with E-state index in [-0.39, 0.29) is 23.3 Å². The minimum atomic E-state index is -0.678. The Labute approximate surface area is 157 Å². The van der Waals surface area contributed by atoms with Crippen LogP contribution in [0.1, 0.15) is 45.8 Å². The van der Waals surface area contributed by atoms with E-state index in [2.05, 4.69) is 17.1 Å². The molecule has 2 aliphatic carbocycles. The number of hydrogen-bond donors (Lipinski definition) is 2. The molecule has 4 rings (SSSR count). The number of carboxylic acids is 1. The van der Waals surface area contributed by atoms with Gasteiger partial charge in [-0.1, -0.05) is 0 Å². The Morgan fingerprint density at radius 1 is 1.15 bits per heavy atom. The van der Waals surface area contributed by atoms with E-state index in [0.29, 0.717) is 13.2 Å². The van der Waals surface area contributed by atoms with Crippen LogP contribution < -0.4 is 10.2 Å². The summed E-state index contributed by atoms with van der Waals surface area (Å²) in [5.74, 6) is -0.841. The Morgan fingerprint density at radius 3 is 2.42 bits per heavy atom. The maximum atomic E-state index is 13.0. The zero-order valence-electron chi connectivity index (χ0n) is 15.3. The molecule has 3 aliphatic rings. The van der Waals surface area contributed by atoms with Gasteiger partial charge in [-0.3, -0.25) is 9.59 Å². The molecule has 1 spiro atoms. The van der Waals surface area contributed by atoms with Crippen LogP contribution in [0.2, 0.25) is 0 Å². The van der Waals surface area contributed by atoms with Crippen molar-refractivity contribution in [3.05, 3.63) is 15.3 Å². The molecule has 1 aromatic rings. The summed E-state index contributed by atoms with van der Waals surface area (Å²) in [6, 6.07) is 0.175. The number of aryl methyl sites for hydroxylation is 2. The van der Waals surface area contributed by atoms with Crippen LogP contribution in [-0.2, 0) is 9.53 Å². The summed E-state index contributed by atoms with van der Waals surface area (Å²) >= 11 is 1.68. The molecule has 0 atom stereocenters. The standard InChI is InChI=1S/C19H26N2O4S/c1-11-15(16(12(2)26-11)21-3-5-25-6-4-21)17(22)20-14-9-19(10-14)7-13(8-19)18(23)24/h13-14H,3-10H2,1-2H3,(H,20,22)(H,23,24). The van der Waals surface area contributed by atoms with Crippen LogP contribution in [0.4, 0.5) is 5.69 Å². The fraction of sp³-hybridized carbons (Fsp3) is 0.684. The van der Waals surface area contributed by atoms with Gasteiger partial charge in [-0.05, 0) is 44.9 Å². The Hall–Kier alpha value is -1.60. The van der Waals surface area contributed by atoms with E-state index in [1.165, 1.54) is 4.88 Å². The number of nitrogens with zero attached hydrogens (tertiary/aromatic N) is 1. The van der Waals surface area contributed by atoms with E-state index in [1.54, 1.807) is 11.3 Å². The molecular weight excluding hydrogens is 352 g/mol. The predicted molar refractivity (Wildman–Crippen MR) is 100 cm³/mol. The monoisotopic (exact) mass is 378 g/mol. The minimum Gasteiger partial charge on any atom is -0.481 e. The van der Waals surface area contributed by atoms with E-state index in [9.17, 15) is 9.59 Å². The number of hydrogen-bond acceptors (Lipinski definition) is 5. The first kappa shape index (κ1) is 17.8. The van der Waals surface area contributed by atoms with E-state index in [4.69, 9.17) is 9.84 Å². The van der Waals surface area contributed by atoms with Gasteiger partial charge in [0.1, 0.15) is 0 Å². The highest BCUT2D eigenvalue weighted by atomic mass is 32.1. The molecule has 1 aliphatic heterocycles. The molecule has 1 amide bonds. The van der Waals surface area contributed by atoms with Crippen molar-refractivity contribution in [1.29, 1.82) is 0 Å². The van der Waals surface area contributed by atoms with E-state index in [1.807, 2.05) is 6.92 Å². The molecule has 1 aromatic heterocycles. The van der Waals surface area contributed by atoms with Crippen molar-refractivity contribution < 1.29 is 19.4 Å². The van der Waals surface area contributed by atoms with Crippen LogP contribution in [0, 0.1) is 25.2 Å². The Bertz CT molecular complexity index is 724. The molecule has 26 heavy (non-hydrogen) atoms. The van der Waals surface area contributed by atoms with Crippen molar-refractivity contribution in [3.63, 3.8) is 0 Å². The molecule has 6 nitrogen and oxygen atoms in total. The Morgan fingerprint density at radius 2 is 1.81 bits per heavy atom. The number of carbonyl (C=O) groups excluding carboxylic acids is 1. The van der Waals surface area contributed by atoms with Gasteiger partial charge in [0.15, 0.2) is 0 Å². The first-order valence-corrected chi connectivity index (χ1v) is 10.2. The van der Waals surface area contributed by atoms with Gasteiger partial charge in [0.25, 0.3) is 5.91 Å². The number of rotatable bonds is 4. The zero-order valence-corrected chi connectivity index (χ0v) is 16.2. The van der Waals surface area contributed by atoms with Gasteiger partial charge < -0.3 is 20.1 Å². The van der Waals surface area contributed by atoms with Gasteiger partial charge in [0.05, 0.1) is 30.4 Å². The lowest BCUT2D eigenvalue weighted by atomic mass is 9.50. The van der Waals surface area contributed by atoms with Crippen LogP contribution >= 0.6 is 11.3 Å². The van der Waals surface area contributed by atoms with Crippen molar-refractivity contribution >= 4 is 28.9 Å². The summed E-state index contributed by atoms with van der Waals surface area (Å²) in [4.78, 5) is 28.5. The highest BCUT2D eigenvalue weighted by Gasteiger charge is 2.55. The van der Waals surface area contributed by atoms with Crippen LogP contribution in [0.3, 0.4) is 0 Å². The van der Waals surface area contributed by atoms with Gasteiger partial charge in [0.2, 0.25) is 0 Å². The second-order valence-corrected chi connectivity index (χ2v) is 9.49. The third kappa shape index (κ3) is 3.01. The topological polar surface area (TPSA) is 78.9 Å². The number of anilines is 1. The normalized spacial score (nSPS) is 30.6. The molecule has 0 bridgehead atoms. The smallest absolute Gasteiger partial charge is 0.306 e. The van der Waals surface area contributed by atoms with Crippen molar-refractivity contribution in [3.8, 4) is 0 Å².